The molecule has 0 amide bonds. The van der Waals surface area contributed by atoms with Crippen molar-refractivity contribution >= 4 is 34.8 Å². The van der Waals surface area contributed by atoms with Gasteiger partial charge in [0.05, 0.1) is 6.20 Å². The molecule has 0 aliphatic heterocycles. The molecule has 17 heavy (non-hydrogen) atoms. The zero-order valence-corrected chi connectivity index (χ0v) is 10.7. The monoisotopic (exact) mass is 288 g/mol. The summed E-state index contributed by atoms with van der Waals surface area (Å²) in [4.78, 5) is 7.79. The Labute approximate surface area is 113 Å². The van der Waals surface area contributed by atoms with Gasteiger partial charge in [-0.1, -0.05) is 46.9 Å². The number of aliphatic hydroxyl groups excluding tert-OH is 1. The Morgan fingerprint density at radius 2 is 1.71 bits per heavy atom. The molecule has 1 unspecified atom stereocenters. The third kappa shape index (κ3) is 2.87. The van der Waals surface area contributed by atoms with Crippen LogP contribution in [-0.2, 0) is 0 Å². The number of nitrogens with zero attached hydrogens (tertiary/aromatic N) is 2. The Morgan fingerprint density at radius 1 is 1.06 bits per heavy atom. The molecule has 1 heterocycles. The van der Waals surface area contributed by atoms with Gasteiger partial charge in [-0.05, 0) is 17.7 Å². The lowest BCUT2D eigenvalue weighted by molar-refractivity contribution is 0.215. The Kier molecular flexibility index (Phi) is 3.84. The van der Waals surface area contributed by atoms with E-state index in [4.69, 9.17) is 34.8 Å². The molecule has 0 fully saturated rings. The minimum atomic E-state index is -0.954. The number of aromatic nitrogens is 2. The van der Waals surface area contributed by atoms with Gasteiger partial charge in [0.15, 0.2) is 5.15 Å². The van der Waals surface area contributed by atoms with Crippen molar-refractivity contribution in [2.75, 3.05) is 0 Å². The second-order valence-corrected chi connectivity index (χ2v) is 4.50. The van der Waals surface area contributed by atoms with Crippen LogP contribution in [0.5, 0.6) is 0 Å². The third-order valence-electron chi connectivity index (χ3n) is 2.17. The SMILES string of the molecule is OC(c1ccc(Cl)cc1)c1ncc(Cl)nc1Cl. The van der Waals surface area contributed by atoms with E-state index in [2.05, 4.69) is 9.97 Å². The molecular weight excluding hydrogens is 282 g/mol. The van der Waals surface area contributed by atoms with E-state index >= 15 is 0 Å². The second-order valence-electron chi connectivity index (χ2n) is 3.32. The van der Waals surface area contributed by atoms with Gasteiger partial charge in [0.2, 0.25) is 0 Å². The van der Waals surface area contributed by atoms with Crippen LogP contribution in [-0.4, -0.2) is 15.1 Å². The second kappa shape index (κ2) is 5.19. The predicted molar refractivity (Wildman–Crippen MR) is 67.6 cm³/mol. The average molecular weight is 290 g/mol. The minimum Gasteiger partial charge on any atom is -0.382 e. The van der Waals surface area contributed by atoms with Crippen molar-refractivity contribution < 1.29 is 5.11 Å². The fraction of sp³-hybridized carbons (Fsp3) is 0.0909. The summed E-state index contributed by atoms with van der Waals surface area (Å²) < 4.78 is 0. The van der Waals surface area contributed by atoms with Crippen molar-refractivity contribution in [2.45, 2.75) is 6.10 Å². The van der Waals surface area contributed by atoms with E-state index in [1.165, 1.54) is 6.20 Å². The summed E-state index contributed by atoms with van der Waals surface area (Å²) >= 11 is 17.3. The van der Waals surface area contributed by atoms with E-state index in [1.807, 2.05) is 0 Å². The van der Waals surface area contributed by atoms with Crippen LogP contribution in [0.2, 0.25) is 15.3 Å². The molecule has 2 aromatic rings. The Morgan fingerprint density at radius 3 is 2.29 bits per heavy atom. The normalized spacial score (nSPS) is 12.5. The van der Waals surface area contributed by atoms with Crippen LogP contribution in [0, 0.1) is 0 Å². The summed E-state index contributed by atoms with van der Waals surface area (Å²) in [6, 6.07) is 6.74. The van der Waals surface area contributed by atoms with Crippen LogP contribution < -0.4 is 0 Å². The summed E-state index contributed by atoms with van der Waals surface area (Å²) in [5.74, 6) is 0. The van der Waals surface area contributed by atoms with Crippen molar-refractivity contribution in [2.24, 2.45) is 0 Å². The molecule has 0 saturated carbocycles. The largest absolute Gasteiger partial charge is 0.382 e. The van der Waals surface area contributed by atoms with Crippen LogP contribution in [0.25, 0.3) is 0 Å². The smallest absolute Gasteiger partial charge is 0.155 e. The van der Waals surface area contributed by atoms with Gasteiger partial charge in [0.1, 0.15) is 17.0 Å². The van der Waals surface area contributed by atoms with Crippen molar-refractivity contribution in [1.82, 2.24) is 9.97 Å². The zero-order valence-electron chi connectivity index (χ0n) is 8.44. The molecule has 0 saturated heterocycles. The average Bonchev–Trinajstić information content (AvgIpc) is 2.29. The molecule has 0 radical (unpaired) electrons. The van der Waals surface area contributed by atoms with Crippen molar-refractivity contribution in [1.29, 1.82) is 0 Å². The van der Waals surface area contributed by atoms with Crippen LogP contribution in [0.3, 0.4) is 0 Å². The zero-order chi connectivity index (χ0) is 12.4. The van der Waals surface area contributed by atoms with E-state index in [9.17, 15) is 5.11 Å². The standard InChI is InChI=1S/C11H7Cl3N2O/c12-7-3-1-6(2-4-7)10(17)9-11(14)16-8(13)5-15-9/h1-5,10,17H. The van der Waals surface area contributed by atoms with Gasteiger partial charge >= 0.3 is 0 Å². The maximum Gasteiger partial charge on any atom is 0.155 e. The molecule has 6 heteroatoms. The maximum absolute atomic E-state index is 10.1. The molecule has 1 aromatic heterocycles. The molecule has 0 spiro atoms. The Hall–Kier alpha value is -0.870. The van der Waals surface area contributed by atoms with E-state index in [0.29, 0.717) is 10.6 Å². The number of hydrogen-bond acceptors (Lipinski definition) is 3. The van der Waals surface area contributed by atoms with E-state index in [-0.39, 0.29) is 16.0 Å². The van der Waals surface area contributed by atoms with Gasteiger partial charge in [-0.2, -0.15) is 0 Å². The van der Waals surface area contributed by atoms with Gasteiger partial charge in [-0.15, -0.1) is 0 Å². The number of aliphatic hydroxyl groups is 1. The van der Waals surface area contributed by atoms with Crippen molar-refractivity contribution in [3.05, 3.63) is 57.0 Å². The molecular formula is C11H7Cl3N2O. The lowest BCUT2D eigenvalue weighted by atomic mass is 10.1. The fourth-order valence-electron chi connectivity index (χ4n) is 1.34. The maximum atomic E-state index is 10.1. The predicted octanol–water partition coefficient (Wildman–Crippen LogP) is 3.52. The van der Waals surface area contributed by atoms with Crippen molar-refractivity contribution in [3.8, 4) is 0 Å². The van der Waals surface area contributed by atoms with E-state index in [1.54, 1.807) is 24.3 Å². The summed E-state index contributed by atoms with van der Waals surface area (Å²) in [6.07, 6.45) is 0.381. The first kappa shape index (κ1) is 12.6. The highest BCUT2D eigenvalue weighted by atomic mass is 35.5. The molecule has 1 N–H and O–H groups in total. The molecule has 2 rings (SSSR count). The Balaban J connectivity index is 2.36. The molecule has 1 aromatic carbocycles. The quantitative estimate of drug-likeness (QED) is 0.920. The van der Waals surface area contributed by atoms with E-state index in [0.717, 1.165) is 0 Å². The third-order valence-corrected chi connectivity index (χ3v) is 2.88. The topological polar surface area (TPSA) is 46.0 Å². The van der Waals surface area contributed by atoms with Crippen LogP contribution in [0.1, 0.15) is 17.4 Å². The van der Waals surface area contributed by atoms with Crippen LogP contribution in [0.15, 0.2) is 30.5 Å². The van der Waals surface area contributed by atoms with Crippen molar-refractivity contribution in [3.63, 3.8) is 0 Å². The lowest BCUT2D eigenvalue weighted by Crippen LogP contribution is -2.04. The van der Waals surface area contributed by atoms with Crippen LogP contribution >= 0.6 is 34.8 Å². The Bertz CT molecular complexity index is 531. The first-order chi connectivity index (χ1) is 8.08. The van der Waals surface area contributed by atoms with Crippen LogP contribution in [0.4, 0.5) is 0 Å². The molecule has 0 bridgehead atoms. The molecule has 3 nitrogen and oxygen atoms in total. The summed E-state index contributed by atoms with van der Waals surface area (Å²) in [5.41, 5.74) is 0.895. The first-order valence-electron chi connectivity index (χ1n) is 4.69. The number of halogens is 3. The fourth-order valence-corrected chi connectivity index (χ4v) is 1.89. The van der Waals surface area contributed by atoms with Gasteiger partial charge in [-0.25, -0.2) is 4.98 Å². The molecule has 1 atom stereocenters. The first-order valence-corrected chi connectivity index (χ1v) is 5.83. The molecule has 88 valence electrons. The molecule has 0 aliphatic carbocycles. The number of hydrogen-bond donors (Lipinski definition) is 1. The molecule has 0 aliphatic rings. The van der Waals surface area contributed by atoms with Gasteiger partial charge in [-0.3, -0.25) is 4.98 Å². The summed E-state index contributed by atoms with van der Waals surface area (Å²) in [7, 11) is 0. The summed E-state index contributed by atoms with van der Waals surface area (Å²) in [5, 5.41) is 10.9. The van der Waals surface area contributed by atoms with Gasteiger partial charge < -0.3 is 5.11 Å². The highest BCUT2D eigenvalue weighted by molar-refractivity contribution is 6.32. The van der Waals surface area contributed by atoms with Gasteiger partial charge in [0, 0.05) is 5.02 Å². The summed E-state index contributed by atoms with van der Waals surface area (Å²) in [6.45, 7) is 0. The number of benzene rings is 1. The van der Waals surface area contributed by atoms with Gasteiger partial charge in [0.25, 0.3) is 0 Å². The minimum absolute atomic E-state index is 0.0833. The highest BCUT2D eigenvalue weighted by Gasteiger charge is 2.16. The highest BCUT2D eigenvalue weighted by Crippen LogP contribution is 2.26. The lowest BCUT2D eigenvalue weighted by Gasteiger charge is -2.11. The van der Waals surface area contributed by atoms with E-state index < -0.39 is 6.10 Å². The number of rotatable bonds is 2.